The van der Waals surface area contributed by atoms with Crippen LogP contribution in [0, 0.1) is 48.3 Å². The lowest BCUT2D eigenvalue weighted by Gasteiger charge is -2.59. The number of rotatable bonds is 3. The van der Waals surface area contributed by atoms with Crippen molar-refractivity contribution in [2.24, 2.45) is 34.5 Å². The molecule has 7 heteroatoms. The monoisotopic (exact) mass is 557 g/mol. The van der Waals surface area contributed by atoms with E-state index in [4.69, 9.17) is 5.73 Å². The first kappa shape index (κ1) is 29.3. The Kier molecular flexibility index (Phi) is 8.01. The summed E-state index contributed by atoms with van der Waals surface area (Å²) in [4.78, 5) is 35.6. The Balaban J connectivity index is 0.000000365. The number of allylic oxidation sites excluding steroid dienone is 2. The molecule has 3 N–H and O–H groups in total. The number of aromatic nitrogens is 2. The second-order valence-electron chi connectivity index (χ2n) is 13.6. The number of hydrogen-bond acceptors (Lipinski definition) is 5. The molecule has 6 rings (SSSR count). The molecule has 3 aliphatic carbocycles. The molecule has 0 aromatic carbocycles. The van der Waals surface area contributed by atoms with Gasteiger partial charge < -0.3 is 16.0 Å². The maximum absolute atomic E-state index is 13.0. The fraction of sp³-hybridized carbons (Fsp3) is 0.588. The standard InChI is InChI=1S/C28H39N3O2.C6H8N2/c1-17-14-21-22-7-6-19(16-24(32)30-20-10-13-29-18(2)15-20)27(22,3)11-8-23(21)28(4)12-9-25(33)31(5)26(17)28;1-5-4-6(7)2-3-8-5/h10,13,15,19,21-23H,6-9,11-12,14,16H2,1-5H3,(H,29,30,32);2-4H,1H3,(H2,7,8)/t19-,21?,22?,23?,27-,28-;/m1./s1. The number of carbonyl (C=O) groups excluding carboxylic acids is 2. The average Bonchev–Trinajstić information content (AvgIpc) is 3.23. The number of anilines is 2. The van der Waals surface area contributed by atoms with Crippen LogP contribution in [0.1, 0.15) is 83.5 Å². The molecule has 41 heavy (non-hydrogen) atoms. The smallest absolute Gasteiger partial charge is 0.226 e. The van der Waals surface area contributed by atoms with Gasteiger partial charge in [0.05, 0.1) is 0 Å². The van der Waals surface area contributed by atoms with Crippen molar-refractivity contribution in [3.63, 3.8) is 0 Å². The summed E-state index contributed by atoms with van der Waals surface area (Å²) in [5.74, 6) is 2.86. The summed E-state index contributed by atoms with van der Waals surface area (Å²) in [5, 5.41) is 3.11. The highest BCUT2D eigenvalue weighted by Crippen LogP contribution is 2.67. The second kappa shape index (κ2) is 11.2. The molecule has 1 saturated heterocycles. The van der Waals surface area contributed by atoms with Crippen LogP contribution in [0.2, 0.25) is 0 Å². The topological polar surface area (TPSA) is 101 Å². The summed E-state index contributed by atoms with van der Waals surface area (Å²) >= 11 is 0. The van der Waals surface area contributed by atoms with Gasteiger partial charge in [0, 0.05) is 66.2 Å². The first-order chi connectivity index (χ1) is 19.4. The summed E-state index contributed by atoms with van der Waals surface area (Å²) in [6.45, 7) is 11.0. The number of carbonyl (C=O) groups is 2. The molecule has 3 unspecified atom stereocenters. The van der Waals surface area contributed by atoms with E-state index in [2.05, 4.69) is 36.1 Å². The maximum atomic E-state index is 13.0. The number of aryl methyl sites for hydroxylation is 2. The van der Waals surface area contributed by atoms with Crippen LogP contribution in [-0.4, -0.2) is 33.7 Å². The van der Waals surface area contributed by atoms with Crippen LogP contribution in [0.4, 0.5) is 11.4 Å². The summed E-state index contributed by atoms with van der Waals surface area (Å²) in [6.07, 6.45) is 11.6. The number of hydrogen-bond donors (Lipinski definition) is 2. The Bertz CT molecular complexity index is 1340. The molecule has 3 fully saturated rings. The maximum Gasteiger partial charge on any atom is 0.226 e. The molecule has 0 bridgehead atoms. The number of amides is 2. The van der Waals surface area contributed by atoms with Crippen molar-refractivity contribution >= 4 is 23.2 Å². The number of fused-ring (bicyclic) bond motifs is 5. The highest BCUT2D eigenvalue weighted by molar-refractivity contribution is 5.90. The summed E-state index contributed by atoms with van der Waals surface area (Å²) in [6, 6.07) is 7.41. The fourth-order valence-electron chi connectivity index (χ4n) is 9.18. The predicted octanol–water partition coefficient (Wildman–Crippen LogP) is 6.69. The van der Waals surface area contributed by atoms with Crippen LogP contribution in [0.3, 0.4) is 0 Å². The molecule has 2 aromatic rings. The third kappa shape index (κ3) is 5.52. The Morgan fingerprint density at radius 3 is 2.39 bits per heavy atom. The van der Waals surface area contributed by atoms with E-state index in [1.165, 1.54) is 30.5 Å². The lowest BCUT2D eigenvalue weighted by Crippen LogP contribution is -2.54. The molecule has 0 spiro atoms. The van der Waals surface area contributed by atoms with Gasteiger partial charge in [0.1, 0.15) is 0 Å². The highest BCUT2D eigenvalue weighted by Gasteiger charge is 2.60. The molecule has 7 nitrogen and oxygen atoms in total. The first-order valence-corrected chi connectivity index (χ1v) is 15.3. The lowest BCUT2D eigenvalue weighted by atomic mass is 9.48. The normalized spacial score (nSPS) is 32.3. The van der Waals surface area contributed by atoms with Crippen molar-refractivity contribution in [2.75, 3.05) is 18.1 Å². The van der Waals surface area contributed by atoms with Crippen LogP contribution in [0.5, 0.6) is 0 Å². The van der Waals surface area contributed by atoms with Crippen LogP contribution in [-0.2, 0) is 9.59 Å². The third-order valence-corrected chi connectivity index (χ3v) is 11.0. The molecule has 2 aromatic heterocycles. The van der Waals surface area contributed by atoms with Gasteiger partial charge in [-0.1, -0.05) is 19.4 Å². The van der Waals surface area contributed by atoms with E-state index in [1.807, 2.05) is 44.0 Å². The van der Waals surface area contributed by atoms with Gasteiger partial charge in [0.25, 0.3) is 0 Å². The van der Waals surface area contributed by atoms with E-state index in [9.17, 15) is 9.59 Å². The minimum absolute atomic E-state index is 0.117. The first-order valence-electron chi connectivity index (χ1n) is 15.3. The number of pyridine rings is 2. The zero-order chi connectivity index (χ0) is 29.5. The Morgan fingerprint density at radius 2 is 1.73 bits per heavy atom. The SMILES string of the molecule is CC1=C2N(C)C(=O)CC[C@]2(C)C2CC[C@@]3(C)C(CC[C@@H]3CC(=O)Nc3ccnc(C)c3)C2C1.Cc1cc(N)ccn1. The highest BCUT2D eigenvalue weighted by atomic mass is 16.2. The van der Waals surface area contributed by atoms with Gasteiger partial charge in [-0.25, -0.2) is 0 Å². The van der Waals surface area contributed by atoms with Gasteiger partial charge >= 0.3 is 0 Å². The van der Waals surface area contributed by atoms with Gasteiger partial charge in [0.2, 0.25) is 11.8 Å². The van der Waals surface area contributed by atoms with E-state index in [0.717, 1.165) is 42.0 Å². The molecule has 2 amide bonds. The minimum Gasteiger partial charge on any atom is -0.399 e. The van der Waals surface area contributed by atoms with Crippen molar-refractivity contribution in [1.82, 2.24) is 14.9 Å². The van der Waals surface area contributed by atoms with Crippen LogP contribution < -0.4 is 11.1 Å². The van der Waals surface area contributed by atoms with E-state index in [1.54, 1.807) is 18.5 Å². The number of likely N-dealkylation sites (tertiary alicyclic amines) is 1. The molecule has 4 aliphatic rings. The van der Waals surface area contributed by atoms with Crippen LogP contribution >= 0.6 is 0 Å². The van der Waals surface area contributed by atoms with Gasteiger partial charge in [-0.15, -0.1) is 0 Å². The van der Waals surface area contributed by atoms with Crippen LogP contribution in [0.25, 0.3) is 0 Å². The molecule has 0 radical (unpaired) electrons. The van der Waals surface area contributed by atoms with E-state index in [-0.39, 0.29) is 22.6 Å². The largest absolute Gasteiger partial charge is 0.399 e. The molecule has 220 valence electrons. The number of piperidine rings is 1. The zero-order valence-corrected chi connectivity index (χ0v) is 25.7. The van der Waals surface area contributed by atoms with Crippen LogP contribution in [0.15, 0.2) is 47.9 Å². The average molecular weight is 558 g/mol. The van der Waals surface area contributed by atoms with E-state index < -0.39 is 0 Å². The van der Waals surface area contributed by atoms with Gasteiger partial charge in [-0.3, -0.25) is 19.6 Å². The Hall–Kier alpha value is -3.22. The quantitative estimate of drug-likeness (QED) is 0.438. The van der Waals surface area contributed by atoms with Crippen molar-refractivity contribution in [1.29, 1.82) is 0 Å². The number of nitrogens with one attached hydrogen (secondary N) is 1. The molecular weight excluding hydrogens is 510 g/mol. The van der Waals surface area contributed by atoms with E-state index in [0.29, 0.717) is 36.5 Å². The molecule has 3 heterocycles. The van der Waals surface area contributed by atoms with Gasteiger partial charge in [0.15, 0.2) is 0 Å². The molecule has 1 aliphatic heterocycles. The number of nitrogen functional groups attached to an aromatic ring is 1. The lowest BCUT2D eigenvalue weighted by molar-refractivity contribution is -0.136. The second-order valence-corrected chi connectivity index (χ2v) is 13.6. The Labute approximate surface area is 245 Å². The zero-order valence-electron chi connectivity index (χ0n) is 25.7. The Morgan fingerprint density at radius 1 is 1.02 bits per heavy atom. The minimum atomic E-state index is 0.117. The number of nitrogens with two attached hydrogens (primary N) is 1. The van der Waals surface area contributed by atoms with Crippen molar-refractivity contribution in [3.8, 4) is 0 Å². The third-order valence-electron chi connectivity index (χ3n) is 11.0. The molecule has 2 saturated carbocycles. The summed E-state index contributed by atoms with van der Waals surface area (Å²) in [7, 11) is 1.99. The molecular formula is C34H47N5O2. The van der Waals surface area contributed by atoms with Crippen molar-refractivity contribution in [2.45, 2.75) is 86.0 Å². The summed E-state index contributed by atoms with van der Waals surface area (Å²) < 4.78 is 0. The summed E-state index contributed by atoms with van der Waals surface area (Å²) in [5.41, 5.74) is 12.0. The van der Waals surface area contributed by atoms with Gasteiger partial charge in [-0.2, -0.15) is 0 Å². The number of nitrogens with zero attached hydrogens (tertiary/aromatic N) is 3. The fourth-order valence-corrected chi connectivity index (χ4v) is 9.18. The van der Waals surface area contributed by atoms with Crippen molar-refractivity contribution < 1.29 is 9.59 Å². The van der Waals surface area contributed by atoms with E-state index >= 15 is 0 Å². The predicted molar refractivity (Wildman–Crippen MR) is 164 cm³/mol. The van der Waals surface area contributed by atoms with Crippen molar-refractivity contribution in [3.05, 3.63) is 59.3 Å². The van der Waals surface area contributed by atoms with Gasteiger partial charge in [-0.05, 0) is 113 Å². The molecule has 6 atom stereocenters.